The fourth-order valence-corrected chi connectivity index (χ4v) is 3.48. The summed E-state index contributed by atoms with van der Waals surface area (Å²) in [6.07, 6.45) is 5.49. The van der Waals surface area contributed by atoms with E-state index in [1.807, 2.05) is 10.9 Å². The van der Waals surface area contributed by atoms with Crippen molar-refractivity contribution in [2.24, 2.45) is 0 Å². The molecule has 3 rings (SSSR count). The number of nitrogens with one attached hydrogen (secondary N) is 2. The minimum absolute atomic E-state index is 0.516. The van der Waals surface area contributed by atoms with E-state index in [9.17, 15) is 0 Å². The molecule has 0 aliphatic carbocycles. The first-order chi connectivity index (χ1) is 13.5. The first kappa shape index (κ1) is 20.6. The molecule has 0 bridgehead atoms. The van der Waals surface area contributed by atoms with Gasteiger partial charge in [-0.25, -0.2) is 0 Å². The van der Waals surface area contributed by atoms with E-state index >= 15 is 0 Å². The van der Waals surface area contributed by atoms with Gasteiger partial charge in [0, 0.05) is 11.9 Å². The molecule has 1 heterocycles. The van der Waals surface area contributed by atoms with Crippen LogP contribution in [-0.2, 0) is 13.0 Å². The second-order valence-electron chi connectivity index (χ2n) is 6.89. The van der Waals surface area contributed by atoms with Crippen LogP contribution in [0.1, 0.15) is 36.5 Å². The van der Waals surface area contributed by atoms with Gasteiger partial charge in [-0.2, -0.15) is 5.10 Å². The lowest BCUT2D eigenvalue weighted by Gasteiger charge is -2.10. The molecule has 2 aromatic carbocycles. The van der Waals surface area contributed by atoms with E-state index in [2.05, 4.69) is 94.0 Å². The van der Waals surface area contributed by atoms with Crippen molar-refractivity contribution in [1.29, 1.82) is 0 Å². The van der Waals surface area contributed by atoms with Crippen LogP contribution in [0, 0.1) is 6.92 Å². The maximum Gasteiger partial charge on any atom is 0.176 e. The molecule has 2 N–H and O–H groups in total. The fourth-order valence-electron chi connectivity index (χ4n) is 2.85. The Morgan fingerprint density at radius 2 is 1.71 bits per heavy atom. The van der Waals surface area contributed by atoms with E-state index in [4.69, 9.17) is 12.2 Å². The molecule has 146 valence electrons. The van der Waals surface area contributed by atoms with Gasteiger partial charge in [-0.3, -0.25) is 4.68 Å². The third-order valence-corrected chi connectivity index (χ3v) is 5.23. The first-order valence-corrected chi connectivity index (χ1v) is 10.7. The number of hydrogen-bond acceptors (Lipinski definition) is 2. The first-order valence-electron chi connectivity index (χ1n) is 9.49. The van der Waals surface area contributed by atoms with E-state index in [0.29, 0.717) is 17.5 Å². The predicted octanol–water partition coefficient (Wildman–Crippen LogP) is 6.15. The van der Waals surface area contributed by atoms with Crippen molar-refractivity contribution >= 4 is 44.8 Å². The lowest BCUT2D eigenvalue weighted by Crippen LogP contribution is -2.19. The van der Waals surface area contributed by atoms with Crippen LogP contribution in [-0.4, -0.2) is 14.9 Å². The SMILES string of the molecule is CCCCc1ccc(NC(=S)Nc2nn(Cc3ccc(C)cc3)cc2Br)cc1. The molecule has 28 heavy (non-hydrogen) atoms. The highest BCUT2D eigenvalue weighted by Gasteiger charge is 2.09. The zero-order valence-electron chi connectivity index (χ0n) is 16.2. The summed E-state index contributed by atoms with van der Waals surface area (Å²) >= 11 is 9.00. The van der Waals surface area contributed by atoms with Crippen molar-refractivity contribution in [2.45, 2.75) is 39.7 Å². The van der Waals surface area contributed by atoms with Crippen LogP contribution in [0.4, 0.5) is 11.5 Å². The maximum atomic E-state index is 5.44. The summed E-state index contributed by atoms with van der Waals surface area (Å²) in [4.78, 5) is 0. The van der Waals surface area contributed by atoms with Gasteiger partial charge in [0.15, 0.2) is 10.9 Å². The maximum absolute atomic E-state index is 5.44. The minimum Gasteiger partial charge on any atom is -0.332 e. The standard InChI is InChI=1S/C22H25BrN4S/c1-3-4-5-17-10-12-19(13-11-17)24-22(28)25-21-20(23)15-27(26-21)14-18-8-6-16(2)7-9-18/h6-13,15H,3-5,14H2,1-2H3,(H2,24,25,26,28). The van der Waals surface area contributed by atoms with Crippen molar-refractivity contribution in [3.8, 4) is 0 Å². The van der Waals surface area contributed by atoms with E-state index in [1.54, 1.807) is 0 Å². The number of aryl methyl sites for hydroxylation is 2. The molecule has 0 aliphatic rings. The van der Waals surface area contributed by atoms with Crippen LogP contribution in [0.5, 0.6) is 0 Å². The summed E-state index contributed by atoms with van der Waals surface area (Å²) in [5.74, 6) is 0.698. The third-order valence-electron chi connectivity index (χ3n) is 4.44. The highest BCUT2D eigenvalue weighted by Crippen LogP contribution is 2.21. The predicted molar refractivity (Wildman–Crippen MR) is 125 cm³/mol. The van der Waals surface area contributed by atoms with Crippen LogP contribution < -0.4 is 10.6 Å². The molecule has 0 unspecified atom stereocenters. The molecule has 3 aromatic rings. The Bertz CT molecular complexity index is 917. The average molecular weight is 457 g/mol. The summed E-state index contributed by atoms with van der Waals surface area (Å²) in [5.41, 5.74) is 4.77. The molecule has 4 nitrogen and oxygen atoms in total. The van der Waals surface area contributed by atoms with Crippen LogP contribution in [0.2, 0.25) is 0 Å². The number of unbranched alkanes of at least 4 members (excludes halogenated alkanes) is 1. The zero-order valence-corrected chi connectivity index (χ0v) is 18.6. The molecule has 0 radical (unpaired) electrons. The Balaban J connectivity index is 1.58. The van der Waals surface area contributed by atoms with E-state index in [1.165, 1.54) is 29.5 Å². The molecule has 6 heteroatoms. The van der Waals surface area contributed by atoms with Crippen LogP contribution in [0.15, 0.2) is 59.2 Å². The number of hydrogen-bond donors (Lipinski definition) is 2. The Labute approximate surface area is 180 Å². The monoisotopic (exact) mass is 456 g/mol. The number of halogens is 1. The molecule has 0 aliphatic heterocycles. The molecule has 0 amide bonds. The summed E-state index contributed by atoms with van der Waals surface area (Å²) in [6.45, 7) is 5.00. The topological polar surface area (TPSA) is 41.9 Å². The lowest BCUT2D eigenvalue weighted by molar-refractivity contribution is 0.689. The van der Waals surface area contributed by atoms with E-state index < -0.39 is 0 Å². The minimum atomic E-state index is 0.516. The number of nitrogens with zero attached hydrogens (tertiary/aromatic N) is 2. The molecular formula is C22H25BrN4S. The number of thiocarbonyl (C=S) groups is 1. The number of aromatic nitrogens is 2. The van der Waals surface area contributed by atoms with Gasteiger partial charge in [-0.15, -0.1) is 0 Å². The highest BCUT2D eigenvalue weighted by molar-refractivity contribution is 9.10. The summed E-state index contributed by atoms with van der Waals surface area (Å²) in [7, 11) is 0. The van der Waals surface area contributed by atoms with Gasteiger partial charge in [0.05, 0.1) is 11.0 Å². The summed E-state index contributed by atoms with van der Waals surface area (Å²) in [5, 5.41) is 11.5. The lowest BCUT2D eigenvalue weighted by atomic mass is 10.1. The van der Waals surface area contributed by atoms with Crippen LogP contribution in [0.25, 0.3) is 0 Å². The Hall–Kier alpha value is -2.18. The number of anilines is 2. The number of rotatable bonds is 7. The van der Waals surface area contributed by atoms with Crippen molar-refractivity contribution in [2.75, 3.05) is 10.6 Å². The van der Waals surface area contributed by atoms with Gasteiger partial charge >= 0.3 is 0 Å². The second kappa shape index (κ2) is 9.85. The van der Waals surface area contributed by atoms with Gasteiger partial charge in [0.1, 0.15) is 0 Å². The molecular weight excluding hydrogens is 432 g/mol. The van der Waals surface area contributed by atoms with E-state index in [-0.39, 0.29) is 0 Å². The molecule has 0 saturated heterocycles. The van der Waals surface area contributed by atoms with Gasteiger partial charge in [0.25, 0.3) is 0 Å². The smallest absolute Gasteiger partial charge is 0.176 e. The summed E-state index contributed by atoms with van der Waals surface area (Å²) < 4.78 is 2.76. The van der Waals surface area contributed by atoms with Gasteiger partial charge in [-0.05, 0) is 71.2 Å². The molecule has 0 atom stereocenters. The average Bonchev–Trinajstić information content (AvgIpc) is 3.02. The molecule has 0 spiro atoms. The Kier molecular flexibility index (Phi) is 7.23. The van der Waals surface area contributed by atoms with Gasteiger partial charge in [0.2, 0.25) is 0 Å². The Morgan fingerprint density at radius 1 is 1.04 bits per heavy atom. The normalized spacial score (nSPS) is 10.7. The van der Waals surface area contributed by atoms with Crippen LogP contribution >= 0.6 is 28.1 Å². The van der Waals surface area contributed by atoms with E-state index in [0.717, 1.165) is 16.6 Å². The van der Waals surface area contributed by atoms with Crippen molar-refractivity contribution in [3.05, 3.63) is 75.9 Å². The quantitative estimate of drug-likeness (QED) is 0.418. The molecule has 0 fully saturated rings. The van der Waals surface area contributed by atoms with Crippen molar-refractivity contribution in [1.82, 2.24) is 9.78 Å². The van der Waals surface area contributed by atoms with Crippen LogP contribution in [0.3, 0.4) is 0 Å². The third kappa shape index (κ3) is 5.91. The van der Waals surface area contributed by atoms with Crippen molar-refractivity contribution in [3.63, 3.8) is 0 Å². The number of benzene rings is 2. The summed E-state index contributed by atoms with van der Waals surface area (Å²) in [6, 6.07) is 16.9. The zero-order chi connectivity index (χ0) is 19.9. The molecule has 0 saturated carbocycles. The fraction of sp³-hybridized carbons (Fsp3) is 0.273. The highest BCUT2D eigenvalue weighted by atomic mass is 79.9. The second-order valence-corrected chi connectivity index (χ2v) is 8.15. The van der Waals surface area contributed by atoms with Gasteiger partial charge < -0.3 is 10.6 Å². The Morgan fingerprint density at radius 3 is 2.39 bits per heavy atom. The van der Waals surface area contributed by atoms with Crippen molar-refractivity contribution < 1.29 is 0 Å². The largest absolute Gasteiger partial charge is 0.332 e. The van der Waals surface area contributed by atoms with Gasteiger partial charge in [-0.1, -0.05) is 55.3 Å². The molecule has 1 aromatic heterocycles.